The maximum absolute atomic E-state index is 13.5. The average molecular weight is 210 g/mol. The summed E-state index contributed by atoms with van der Waals surface area (Å²) in [5, 5.41) is 9.73. The average Bonchev–Trinajstić information content (AvgIpc) is 2.98. The summed E-state index contributed by atoms with van der Waals surface area (Å²) in [6.45, 7) is 1.75. The fourth-order valence-corrected chi connectivity index (χ4v) is 2.16. The standard InChI is InChI=1S/C12H15FO2/c1-8(14)12(6-7-12)9-4-3-5-10(13)11(9)15-2/h3-5,8,14H,6-7H2,1-2H3. The van der Waals surface area contributed by atoms with Crippen LogP contribution in [0.25, 0.3) is 0 Å². The minimum atomic E-state index is -0.465. The van der Waals surface area contributed by atoms with E-state index in [9.17, 15) is 9.50 Å². The molecule has 82 valence electrons. The third-order valence-corrected chi connectivity index (χ3v) is 3.30. The van der Waals surface area contributed by atoms with Gasteiger partial charge in [0.25, 0.3) is 0 Å². The monoisotopic (exact) mass is 210 g/mol. The van der Waals surface area contributed by atoms with Crippen LogP contribution in [0.5, 0.6) is 5.75 Å². The van der Waals surface area contributed by atoms with Gasteiger partial charge in [-0.1, -0.05) is 12.1 Å². The maximum Gasteiger partial charge on any atom is 0.165 e. The Morgan fingerprint density at radius 3 is 2.60 bits per heavy atom. The highest BCUT2D eigenvalue weighted by Crippen LogP contribution is 2.54. The van der Waals surface area contributed by atoms with E-state index in [1.807, 2.05) is 6.07 Å². The Morgan fingerprint density at radius 1 is 1.47 bits per heavy atom. The van der Waals surface area contributed by atoms with Gasteiger partial charge in [-0.25, -0.2) is 4.39 Å². The van der Waals surface area contributed by atoms with Gasteiger partial charge >= 0.3 is 0 Å². The van der Waals surface area contributed by atoms with Crippen molar-refractivity contribution < 1.29 is 14.2 Å². The zero-order valence-corrected chi connectivity index (χ0v) is 8.96. The van der Waals surface area contributed by atoms with E-state index in [0.717, 1.165) is 18.4 Å². The van der Waals surface area contributed by atoms with Crippen molar-refractivity contribution in [1.82, 2.24) is 0 Å². The van der Waals surface area contributed by atoms with Crippen LogP contribution in [0.15, 0.2) is 18.2 Å². The molecule has 2 nitrogen and oxygen atoms in total. The molecular weight excluding hydrogens is 195 g/mol. The lowest BCUT2D eigenvalue weighted by molar-refractivity contribution is 0.148. The van der Waals surface area contributed by atoms with E-state index in [-0.39, 0.29) is 17.0 Å². The molecule has 0 spiro atoms. The molecule has 1 saturated carbocycles. The van der Waals surface area contributed by atoms with Crippen LogP contribution in [0.1, 0.15) is 25.3 Å². The summed E-state index contributed by atoms with van der Waals surface area (Å²) in [5.41, 5.74) is 0.507. The third-order valence-electron chi connectivity index (χ3n) is 3.30. The van der Waals surface area contributed by atoms with Crippen molar-refractivity contribution in [3.63, 3.8) is 0 Å². The van der Waals surface area contributed by atoms with Crippen molar-refractivity contribution in [2.45, 2.75) is 31.3 Å². The second-order valence-electron chi connectivity index (χ2n) is 4.15. The predicted molar refractivity (Wildman–Crippen MR) is 55.5 cm³/mol. The molecule has 1 fully saturated rings. The van der Waals surface area contributed by atoms with E-state index in [0.29, 0.717) is 0 Å². The fraction of sp³-hybridized carbons (Fsp3) is 0.500. The Balaban J connectivity index is 2.49. The normalized spacial score (nSPS) is 19.7. The zero-order valence-electron chi connectivity index (χ0n) is 8.96. The van der Waals surface area contributed by atoms with E-state index < -0.39 is 6.10 Å². The number of benzene rings is 1. The molecule has 0 heterocycles. The van der Waals surface area contributed by atoms with Crippen LogP contribution in [-0.2, 0) is 5.41 Å². The van der Waals surface area contributed by atoms with Crippen LogP contribution in [-0.4, -0.2) is 18.3 Å². The third kappa shape index (κ3) is 1.51. The van der Waals surface area contributed by atoms with Gasteiger partial charge in [0.1, 0.15) is 0 Å². The first-order chi connectivity index (χ1) is 7.12. The van der Waals surface area contributed by atoms with Gasteiger partial charge in [-0.15, -0.1) is 0 Å². The molecular formula is C12H15FO2. The molecule has 0 bridgehead atoms. The van der Waals surface area contributed by atoms with Crippen LogP contribution in [0.3, 0.4) is 0 Å². The quantitative estimate of drug-likeness (QED) is 0.829. The summed E-state index contributed by atoms with van der Waals surface area (Å²) in [7, 11) is 1.46. The summed E-state index contributed by atoms with van der Waals surface area (Å²) < 4.78 is 18.5. The molecule has 1 aromatic rings. The topological polar surface area (TPSA) is 29.5 Å². The number of halogens is 1. The summed E-state index contributed by atoms with van der Waals surface area (Å²) in [4.78, 5) is 0. The molecule has 2 rings (SSSR count). The Hall–Kier alpha value is -1.09. The van der Waals surface area contributed by atoms with Gasteiger partial charge in [-0.3, -0.25) is 0 Å². The fourth-order valence-electron chi connectivity index (χ4n) is 2.16. The molecule has 0 radical (unpaired) electrons. The van der Waals surface area contributed by atoms with Crippen LogP contribution in [0, 0.1) is 5.82 Å². The van der Waals surface area contributed by atoms with Gasteiger partial charge in [0, 0.05) is 11.0 Å². The number of para-hydroxylation sites is 1. The van der Waals surface area contributed by atoms with Crippen LogP contribution in [0.2, 0.25) is 0 Å². The molecule has 1 aromatic carbocycles. The number of hydrogen-bond donors (Lipinski definition) is 1. The number of aliphatic hydroxyl groups is 1. The Kier molecular flexibility index (Phi) is 2.43. The molecule has 1 atom stereocenters. The van der Waals surface area contributed by atoms with Crippen molar-refractivity contribution >= 4 is 0 Å². The summed E-state index contributed by atoms with van der Waals surface area (Å²) >= 11 is 0. The molecule has 1 aliphatic rings. The molecule has 1 unspecified atom stereocenters. The molecule has 1 aliphatic carbocycles. The summed E-state index contributed by atoms with van der Waals surface area (Å²) in [5.74, 6) is -0.0853. The van der Waals surface area contributed by atoms with E-state index in [1.54, 1.807) is 13.0 Å². The number of aliphatic hydroxyl groups excluding tert-OH is 1. The lowest BCUT2D eigenvalue weighted by Crippen LogP contribution is -2.23. The van der Waals surface area contributed by atoms with Crippen molar-refractivity contribution in [2.24, 2.45) is 0 Å². The van der Waals surface area contributed by atoms with Crippen molar-refractivity contribution in [3.05, 3.63) is 29.6 Å². The lowest BCUT2D eigenvalue weighted by Gasteiger charge is -2.21. The highest BCUT2D eigenvalue weighted by molar-refractivity contribution is 5.45. The van der Waals surface area contributed by atoms with Gasteiger partial charge in [0.05, 0.1) is 13.2 Å². The predicted octanol–water partition coefficient (Wildman–Crippen LogP) is 2.25. The van der Waals surface area contributed by atoms with Crippen molar-refractivity contribution in [3.8, 4) is 5.75 Å². The Labute approximate surface area is 88.7 Å². The van der Waals surface area contributed by atoms with Gasteiger partial charge in [0.2, 0.25) is 0 Å². The minimum Gasteiger partial charge on any atom is -0.493 e. The molecule has 0 saturated heterocycles. The Bertz CT molecular complexity index is 370. The molecule has 0 aromatic heterocycles. The number of rotatable bonds is 3. The molecule has 0 aliphatic heterocycles. The van der Waals surface area contributed by atoms with Crippen LogP contribution in [0.4, 0.5) is 4.39 Å². The first-order valence-corrected chi connectivity index (χ1v) is 5.13. The van der Waals surface area contributed by atoms with Gasteiger partial charge in [-0.2, -0.15) is 0 Å². The van der Waals surface area contributed by atoms with Crippen molar-refractivity contribution in [2.75, 3.05) is 7.11 Å². The maximum atomic E-state index is 13.5. The molecule has 1 N–H and O–H groups in total. The summed E-state index contributed by atoms with van der Waals surface area (Å²) in [6.07, 6.45) is 1.32. The lowest BCUT2D eigenvalue weighted by atomic mass is 9.90. The number of hydrogen-bond acceptors (Lipinski definition) is 2. The zero-order chi connectivity index (χ0) is 11.1. The van der Waals surface area contributed by atoms with E-state index in [1.165, 1.54) is 13.2 Å². The van der Waals surface area contributed by atoms with Crippen LogP contribution < -0.4 is 4.74 Å². The molecule has 0 amide bonds. The van der Waals surface area contributed by atoms with E-state index >= 15 is 0 Å². The molecule has 3 heteroatoms. The highest BCUT2D eigenvalue weighted by atomic mass is 19.1. The first kappa shape index (κ1) is 10.4. The minimum absolute atomic E-state index is 0.274. The van der Waals surface area contributed by atoms with E-state index in [4.69, 9.17) is 4.74 Å². The number of ether oxygens (including phenoxy) is 1. The van der Waals surface area contributed by atoms with Gasteiger partial charge < -0.3 is 9.84 Å². The van der Waals surface area contributed by atoms with Gasteiger partial charge in [0.15, 0.2) is 11.6 Å². The van der Waals surface area contributed by atoms with E-state index in [2.05, 4.69) is 0 Å². The van der Waals surface area contributed by atoms with Crippen molar-refractivity contribution in [1.29, 1.82) is 0 Å². The second-order valence-corrected chi connectivity index (χ2v) is 4.15. The largest absolute Gasteiger partial charge is 0.493 e. The number of methoxy groups -OCH3 is 1. The SMILES string of the molecule is COc1c(F)cccc1C1(C(C)O)CC1. The second kappa shape index (κ2) is 3.49. The van der Waals surface area contributed by atoms with Gasteiger partial charge in [-0.05, 0) is 25.8 Å². The van der Waals surface area contributed by atoms with Crippen LogP contribution >= 0.6 is 0 Å². The molecule has 15 heavy (non-hydrogen) atoms. The smallest absolute Gasteiger partial charge is 0.165 e. The highest BCUT2D eigenvalue weighted by Gasteiger charge is 2.50. The summed E-state index contributed by atoms with van der Waals surface area (Å²) in [6, 6.07) is 4.87. The first-order valence-electron chi connectivity index (χ1n) is 5.13. The Morgan fingerprint density at radius 2 is 2.13 bits per heavy atom.